The van der Waals surface area contributed by atoms with Crippen LogP contribution in [0.4, 0.5) is 0 Å². The molecule has 0 N–H and O–H groups in total. The van der Waals surface area contributed by atoms with Crippen LogP contribution in [0.25, 0.3) is 0 Å². The van der Waals surface area contributed by atoms with E-state index in [4.69, 9.17) is 4.74 Å². The number of nitrogens with zero attached hydrogens (tertiary/aromatic N) is 1. The molecule has 0 aromatic carbocycles. The molecule has 0 radical (unpaired) electrons. The number of carbonyl (C=O) groups is 1. The highest BCUT2D eigenvalue weighted by Crippen LogP contribution is 1.80. The molecule has 0 aliphatic heterocycles. The first-order chi connectivity index (χ1) is 6.24. The van der Waals surface area contributed by atoms with Crippen LogP contribution in [0, 0.1) is 0 Å². The first-order valence-electron chi connectivity index (χ1n) is 4.22. The Balaban J connectivity index is 4.22. The lowest BCUT2D eigenvalue weighted by Gasteiger charge is -1.97. The molecule has 0 rings (SSSR count). The van der Waals surface area contributed by atoms with Crippen molar-refractivity contribution in [2.24, 2.45) is 0 Å². The van der Waals surface area contributed by atoms with Gasteiger partial charge in [-0.1, -0.05) is 13.2 Å². The van der Waals surface area contributed by atoms with E-state index < -0.39 is 0 Å². The van der Waals surface area contributed by atoms with Gasteiger partial charge in [0.1, 0.15) is 0 Å². The van der Waals surface area contributed by atoms with Gasteiger partial charge in [-0.15, -0.1) is 0 Å². The van der Waals surface area contributed by atoms with Gasteiger partial charge < -0.3 is 4.74 Å². The monoisotopic (exact) mass is 182 g/mol. The molecule has 72 valence electrons. The molecule has 0 aromatic heterocycles. The van der Waals surface area contributed by atoms with Crippen LogP contribution in [-0.2, 0) is 9.53 Å². The Bertz CT molecular complexity index is 207. The largest absolute Gasteiger partial charge is 0.459 e. The topological polar surface area (TPSA) is 29.3 Å². The summed E-state index contributed by atoms with van der Waals surface area (Å²) < 4.78 is 6.54. The van der Waals surface area contributed by atoms with Crippen LogP contribution in [0.2, 0.25) is 0 Å². The van der Waals surface area contributed by atoms with E-state index in [1.54, 1.807) is 23.7 Å². The highest BCUT2D eigenvalue weighted by atomic mass is 16.5. The zero-order valence-electron chi connectivity index (χ0n) is 8.03. The summed E-state index contributed by atoms with van der Waals surface area (Å²) in [5, 5.41) is 0. The van der Waals surface area contributed by atoms with Crippen LogP contribution in [0.3, 0.4) is 0 Å². The molecule has 13 heavy (non-hydrogen) atoms. The van der Waals surface area contributed by atoms with Crippen molar-refractivity contribution in [1.29, 1.82) is 0 Å². The molecule has 0 amide bonds. The zero-order chi connectivity index (χ0) is 10.1. The Kier molecular flexibility index (Phi) is 6.51. The van der Waals surface area contributed by atoms with Gasteiger partial charge in [0, 0.05) is 0 Å². The Morgan fingerprint density at radius 2 is 1.92 bits per heavy atom. The molecule has 0 heterocycles. The average Bonchev–Trinajstić information content (AvgIpc) is 2.05. The van der Waals surface area contributed by atoms with E-state index in [9.17, 15) is 4.79 Å². The molecular weight excluding hydrogens is 166 g/mol. The molecule has 3 heteroatoms. The smallest absolute Gasteiger partial charge is 0.395 e. The minimum Gasteiger partial charge on any atom is -0.459 e. The normalized spacial score (nSPS) is 8.69. The Morgan fingerprint density at radius 3 is 2.31 bits per heavy atom. The maximum absolute atomic E-state index is 11.0. The van der Waals surface area contributed by atoms with E-state index >= 15 is 0 Å². The summed E-state index contributed by atoms with van der Waals surface area (Å²) in [6, 6.07) is 0. The predicted octanol–water partition coefficient (Wildman–Crippen LogP) is 1.00. The number of ether oxygens (including phenoxy) is 1. The van der Waals surface area contributed by atoms with Crippen LogP contribution in [0.1, 0.15) is 6.92 Å². The van der Waals surface area contributed by atoms with Gasteiger partial charge in [0.15, 0.2) is 13.1 Å². The first kappa shape index (κ1) is 11.6. The number of rotatable bonds is 6. The third-order valence-corrected chi connectivity index (χ3v) is 1.30. The van der Waals surface area contributed by atoms with Crippen molar-refractivity contribution in [2.75, 3.05) is 19.7 Å². The number of hydrogen-bond acceptors (Lipinski definition) is 2. The third-order valence-electron chi connectivity index (χ3n) is 1.30. The highest BCUT2D eigenvalue weighted by molar-refractivity contribution is 6.20. The van der Waals surface area contributed by atoms with Crippen molar-refractivity contribution in [2.45, 2.75) is 6.92 Å². The minimum absolute atomic E-state index is 0.328. The summed E-state index contributed by atoms with van der Waals surface area (Å²) in [5.74, 6) is -0.328. The minimum atomic E-state index is -0.328. The second kappa shape index (κ2) is 7.28. The molecule has 3 nitrogen and oxygen atoms in total. The third kappa shape index (κ3) is 5.84. The van der Waals surface area contributed by atoms with Gasteiger partial charge in [-0.3, -0.25) is 0 Å². The summed E-state index contributed by atoms with van der Waals surface area (Å²) in [4.78, 5) is 11.0. The van der Waals surface area contributed by atoms with E-state index in [-0.39, 0.29) is 5.97 Å². The van der Waals surface area contributed by atoms with Crippen LogP contribution in [0.15, 0.2) is 25.3 Å². The molecule has 0 aromatic rings. The van der Waals surface area contributed by atoms with Crippen molar-refractivity contribution >= 4 is 12.2 Å². The molecule has 0 atom stereocenters. The molecule has 0 saturated carbocycles. The van der Waals surface area contributed by atoms with Gasteiger partial charge in [0.2, 0.25) is 6.21 Å². The number of carbonyl (C=O) groups excluding carboxylic acids is 1. The van der Waals surface area contributed by atoms with E-state index in [1.807, 2.05) is 0 Å². The van der Waals surface area contributed by atoms with Gasteiger partial charge in [0.05, 0.1) is 6.61 Å². The summed E-state index contributed by atoms with van der Waals surface area (Å²) in [5.41, 5.74) is 0. The van der Waals surface area contributed by atoms with Crippen LogP contribution in [-0.4, -0.2) is 36.5 Å². The Labute approximate surface area is 79.0 Å². The van der Waals surface area contributed by atoms with Gasteiger partial charge >= 0.3 is 5.97 Å². The van der Waals surface area contributed by atoms with Gasteiger partial charge in [-0.2, -0.15) is 0 Å². The summed E-state index contributed by atoms with van der Waals surface area (Å²) in [6.45, 7) is 10.6. The average molecular weight is 182 g/mol. The van der Waals surface area contributed by atoms with Crippen molar-refractivity contribution < 1.29 is 14.1 Å². The first-order valence-corrected chi connectivity index (χ1v) is 4.22. The number of hydrogen-bond donors (Lipinski definition) is 0. The van der Waals surface area contributed by atoms with E-state index in [2.05, 4.69) is 13.2 Å². The summed E-state index contributed by atoms with van der Waals surface area (Å²) in [6.07, 6.45) is 4.87. The zero-order valence-corrected chi connectivity index (χ0v) is 8.03. The lowest BCUT2D eigenvalue weighted by molar-refractivity contribution is -0.502. The van der Waals surface area contributed by atoms with E-state index in [1.165, 1.54) is 6.21 Å². The molecule has 0 bridgehead atoms. The van der Waals surface area contributed by atoms with Gasteiger partial charge in [-0.25, -0.2) is 9.37 Å². The summed E-state index contributed by atoms with van der Waals surface area (Å²) in [7, 11) is 0. The van der Waals surface area contributed by atoms with E-state index in [0.717, 1.165) is 0 Å². The quantitative estimate of drug-likeness (QED) is 0.265. The SMILES string of the molecule is C=CC[N+](=CC(=O)OCC)CC=C. The molecule has 0 aliphatic carbocycles. The maximum atomic E-state index is 11.0. The van der Waals surface area contributed by atoms with Crippen molar-refractivity contribution in [1.82, 2.24) is 0 Å². The highest BCUT2D eigenvalue weighted by Gasteiger charge is 2.05. The molecule has 0 unspecified atom stereocenters. The van der Waals surface area contributed by atoms with Crippen LogP contribution < -0.4 is 0 Å². The van der Waals surface area contributed by atoms with Crippen molar-refractivity contribution in [3.05, 3.63) is 25.3 Å². The lowest BCUT2D eigenvalue weighted by atomic mass is 10.5. The molecule has 0 spiro atoms. The Hall–Kier alpha value is -1.38. The van der Waals surface area contributed by atoms with Crippen LogP contribution >= 0.6 is 0 Å². The standard InChI is InChI=1S/C10H16NO2/c1-4-7-11(8-5-2)9-10(12)13-6-3/h4-5,9H,1-2,6-8H2,3H3/q+1. The fourth-order valence-electron chi connectivity index (χ4n) is 0.840. The predicted molar refractivity (Wildman–Crippen MR) is 53.1 cm³/mol. The van der Waals surface area contributed by atoms with Crippen molar-refractivity contribution in [3.63, 3.8) is 0 Å². The Morgan fingerprint density at radius 1 is 1.38 bits per heavy atom. The second-order valence-corrected chi connectivity index (χ2v) is 2.41. The fourth-order valence-corrected chi connectivity index (χ4v) is 0.840. The van der Waals surface area contributed by atoms with Gasteiger partial charge in [-0.05, 0) is 19.1 Å². The number of esters is 1. The fraction of sp³-hybridized carbons (Fsp3) is 0.400. The van der Waals surface area contributed by atoms with E-state index in [0.29, 0.717) is 19.7 Å². The molecular formula is C10H16NO2+. The van der Waals surface area contributed by atoms with Gasteiger partial charge in [0.25, 0.3) is 0 Å². The lowest BCUT2D eigenvalue weighted by Crippen LogP contribution is -2.19. The van der Waals surface area contributed by atoms with Crippen LogP contribution in [0.5, 0.6) is 0 Å². The molecule has 0 aliphatic rings. The second-order valence-electron chi connectivity index (χ2n) is 2.41. The molecule has 0 fully saturated rings. The summed E-state index contributed by atoms with van der Waals surface area (Å²) >= 11 is 0. The maximum Gasteiger partial charge on any atom is 0.395 e. The molecule has 0 saturated heterocycles. The van der Waals surface area contributed by atoms with Crippen molar-refractivity contribution in [3.8, 4) is 0 Å².